The SMILES string of the molecule is CCC(Sc1nc(C)nc2scc(-c3ccc(C)cc3)c12)C(=O)O. The van der Waals surface area contributed by atoms with E-state index < -0.39 is 11.2 Å². The Bertz CT molecular complexity index is 888. The summed E-state index contributed by atoms with van der Waals surface area (Å²) in [5.74, 6) is -0.137. The molecule has 0 fully saturated rings. The second kappa shape index (κ2) is 6.91. The Labute approximate surface area is 149 Å². The van der Waals surface area contributed by atoms with Gasteiger partial charge in [-0.2, -0.15) is 0 Å². The summed E-state index contributed by atoms with van der Waals surface area (Å²) in [5, 5.41) is 12.7. The van der Waals surface area contributed by atoms with Gasteiger partial charge in [-0.05, 0) is 25.8 Å². The Kier molecular flexibility index (Phi) is 4.87. The van der Waals surface area contributed by atoms with E-state index in [0.29, 0.717) is 12.2 Å². The summed E-state index contributed by atoms with van der Waals surface area (Å²) in [6, 6.07) is 8.32. The minimum absolute atomic E-state index is 0.506. The number of aromatic nitrogens is 2. The molecule has 124 valence electrons. The van der Waals surface area contributed by atoms with Crippen LogP contribution in [-0.4, -0.2) is 26.3 Å². The third-order valence-corrected chi connectivity index (χ3v) is 5.99. The lowest BCUT2D eigenvalue weighted by atomic mass is 10.1. The third-order valence-electron chi connectivity index (χ3n) is 3.77. The monoisotopic (exact) mass is 358 g/mol. The molecule has 2 heterocycles. The number of hydrogen-bond acceptors (Lipinski definition) is 5. The molecule has 0 amide bonds. The number of hydrogen-bond donors (Lipinski definition) is 1. The molecule has 0 aliphatic heterocycles. The first-order valence-corrected chi connectivity index (χ1v) is 9.48. The smallest absolute Gasteiger partial charge is 0.317 e. The predicted octanol–water partition coefficient (Wildman–Crippen LogP) is 4.93. The van der Waals surface area contributed by atoms with Crippen LogP contribution in [-0.2, 0) is 4.79 Å². The maximum Gasteiger partial charge on any atom is 0.317 e. The molecule has 2 aromatic heterocycles. The predicted molar refractivity (Wildman–Crippen MR) is 99.9 cm³/mol. The number of fused-ring (bicyclic) bond motifs is 1. The lowest BCUT2D eigenvalue weighted by Crippen LogP contribution is -2.15. The zero-order valence-electron chi connectivity index (χ0n) is 13.7. The van der Waals surface area contributed by atoms with Crippen molar-refractivity contribution < 1.29 is 9.90 Å². The van der Waals surface area contributed by atoms with Crippen LogP contribution in [0, 0.1) is 13.8 Å². The molecule has 0 aliphatic rings. The third kappa shape index (κ3) is 3.30. The number of aliphatic carboxylic acids is 1. The second-order valence-corrected chi connectivity index (χ2v) is 7.67. The average molecular weight is 358 g/mol. The molecule has 3 rings (SSSR count). The zero-order chi connectivity index (χ0) is 17.3. The van der Waals surface area contributed by atoms with E-state index in [1.165, 1.54) is 17.3 Å². The van der Waals surface area contributed by atoms with Crippen molar-refractivity contribution in [3.8, 4) is 11.1 Å². The van der Waals surface area contributed by atoms with Crippen LogP contribution in [0.2, 0.25) is 0 Å². The number of nitrogens with zero attached hydrogens (tertiary/aromatic N) is 2. The van der Waals surface area contributed by atoms with E-state index in [1.54, 1.807) is 11.3 Å². The van der Waals surface area contributed by atoms with E-state index >= 15 is 0 Å². The van der Waals surface area contributed by atoms with Crippen LogP contribution in [0.5, 0.6) is 0 Å². The van der Waals surface area contributed by atoms with Crippen LogP contribution >= 0.6 is 23.1 Å². The van der Waals surface area contributed by atoms with E-state index in [9.17, 15) is 9.90 Å². The van der Waals surface area contributed by atoms with Crippen LogP contribution < -0.4 is 0 Å². The first-order valence-electron chi connectivity index (χ1n) is 7.72. The van der Waals surface area contributed by atoms with Gasteiger partial charge in [-0.15, -0.1) is 11.3 Å². The number of thiophene rings is 1. The first kappa shape index (κ1) is 16.9. The van der Waals surface area contributed by atoms with Gasteiger partial charge in [0.15, 0.2) is 0 Å². The van der Waals surface area contributed by atoms with E-state index in [2.05, 4.69) is 46.5 Å². The zero-order valence-corrected chi connectivity index (χ0v) is 15.4. The lowest BCUT2D eigenvalue weighted by molar-refractivity contribution is -0.136. The van der Waals surface area contributed by atoms with E-state index in [0.717, 1.165) is 26.4 Å². The largest absolute Gasteiger partial charge is 0.480 e. The molecule has 24 heavy (non-hydrogen) atoms. The fourth-order valence-corrected chi connectivity index (χ4v) is 4.59. The van der Waals surface area contributed by atoms with Crippen molar-refractivity contribution in [2.45, 2.75) is 37.5 Å². The minimum Gasteiger partial charge on any atom is -0.480 e. The molecule has 0 spiro atoms. The van der Waals surface area contributed by atoms with Gasteiger partial charge in [0.1, 0.15) is 20.9 Å². The Morgan fingerprint density at radius 1 is 1.25 bits per heavy atom. The Morgan fingerprint density at radius 2 is 1.96 bits per heavy atom. The molecular weight excluding hydrogens is 340 g/mol. The Morgan fingerprint density at radius 3 is 2.58 bits per heavy atom. The van der Waals surface area contributed by atoms with Gasteiger partial charge in [0, 0.05) is 10.9 Å². The van der Waals surface area contributed by atoms with Crippen molar-refractivity contribution in [1.29, 1.82) is 0 Å². The standard InChI is InChI=1S/C18H18N2O2S2/c1-4-14(18(21)22)24-17-15-13(12-7-5-10(2)6-8-12)9-23-16(15)19-11(3)20-17/h5-9,14H,4H2,1-3H3,(H,21,22). The molecule has 0 saturated heterocycles. The van der Waals surface area contributed by atoms with Gasteiger partial charge in [-0.3, -0.25) is 4.79 Å². The van der Waals surface area contributed by atoms with Crippen LogP contribution in [0.4, 0.5) is 0 Å². The summed E-state index contributed by atoms with van der Waals surface area (Å²) in [6.07, 6.45) is 0.550. The highest BCUT2D eigenvalue weighted by Gasteiger charge is 2.22. The number of benzene rings is 1. The number of rotatable bonds is 5. The molecule has 1 N–H and O–H groups in total. The normalized spacial score (nSPS) is 12.5. The van der Waals surface area contributed by atoms with Gasteiger partial charge in [-0.25, -0.2) is 9.97 Å². The van der Waals surface area contributed by atoms with Gasteiger partial charge in [0.05, 0.1) is 5.39 Å². The van der Waals surface area contributed by atoms with Crippen LogP contribution in [0.15, 0.2) is 34.7 Å². The van der Waals surface area contributed by atoms with E-state index in [4.69, 9.17) is 0 Å². The number of carbonyl (C=O) groups is 1. The average Bonchev–Trinajstić information content (AvgIpc) is 2.96. The highest BCUT2D eigenvalue weighted by atomic mass is 32.2. The first-order chi connectivity index (χ1) is 11.5. The van der Waals surface area contributed by atoms with Crippen molar-refractivity contribution in [2.24, 2.45) is 0 Å². The van der Waals surface area contributed by atoms with Crippen molar-refractivity contribution in [3.05, 3.63) is 41.0 Å². The molecule has 0 bridgehead atoms. The number of carboxylic acid groups (broad SMARTS) is 1. The van der Waals surface area contributed by atoms with Crippen LogP contribution in [0.1, 0.15) is 24.7 Å². The quantitative estimate of drug-likeness (QED) is 0.517. The van der Waals surface area contributed by atoms with Crippen molar-refractivity contribution >= 4 is 39.3 Å². The highest BCUT2D eigenvalue weighted by molar-refractivity contribution is 8.00. The molecule has 0 aliphatic carbocycles. The van der Waals surface area contributed by atoms with Gasteiger partial charge in [0.2, 0.25) is 0 Å². The fourth-order valence-electron chi connectivity index (χ4n) is 2.49. The van der Waals surface area contributed by atoms with Crippen molar-refractivity contribution in [3.63, 3.8) is 0 Å². The summed E-state index contributed by atoms with van der Waals surface area (Å²) in [4.78, 5) is 21.4. The maximum absolute atomic E-state index is 11.4. The van der Waals surface area contributed by atoms with Gasteiger partial charge in [0.25, 0.3) is 0 Å². The molecule has 0 saturated carbocycles. The van der Waals surface area contributed by atoms with E-state index in [1.807, 2.05) is 13.8 Å². The Balaban J connectivity index is 2.15. The fraction of sp³-hybridized carbons (Fsp3) is 0.278. The highest BCUT2D eigenvalue weighted by Crippen LogP contribution is 2.39. The molecule has 6 heteroatoms. The summed E-state index contributed by atoms with van der Waals surface area (Å²) in [7, 11) is 0. The second-order valence-electron chi connectivity index (χ2n) is 5.62. The molecular formula is C18H18N2O2S2. The lowest BCUT2D eigenvalue weighted by Gasteiger charge is -2.11. The van der Waals surface area contributed by atoms with Gasteiger partial charge in [-0.1, -0.05) is 48.5 Å². The molecule has 3 aromatic rings. The van der Waals surface area contributed by atoms with Gasteiger partial charge >= 0.3 is 5.97 Å². The summed E-state index contributed by atoms with van der Waals surface area (Å²) in [5.41, 5.74) is 3.37. The summed E-state index contributed by atoms with van der Waals surface area (Å²) >= 11 is 2.89. The minimum atomic E-state index is -0.806. The van der Waals surface area contributed by atoms with Crippen molar-refractivity contribution in [2.75, 3.05) is 0 Å². The number of aryl methyl sites for hydroxylation is 2. The van der Waals surface area contributed by atoms with E-state index in [-0.39, 0.29) is 0 Å². The Hall–Kier alpha value is -1.92. The maximum atomic E-state index is 11.4. The number of carboxylic acids is 1. The molecule has 0 radical (unpaired) electrons. The van der Waals surface area contributed by atoms with Crippen molar-refractivity contribution in [1.82, 2.24) is 9.97 Å². The molecule has 1 unspecified atom stereocenters. The molecule has 4 nitrogen and oxygen atoms in total. The summed E-state index contributed by atoms with van der Waals surface area (Å²) < 4.78 is 0. The molecule has 1 aromatic carbocycles. The van der Waals surface area contributed by atoms with Crippen LogP contribution in [0.3, 0.4) is 0 Å². The molecule has 1 atom stereocenters. The topological polar surface area (TPSA) is 63.1 Å². The van der Waals surface area contributed by atoms with Gasteiger partial charge < -0.3 is 5.11 Å². The summed E-state index contributed by atoms with van der Waals surface area (Å²) in [6.45, 7) is 5.78. The van der Waals surface area contributed by atoms with Crippen LogP contribution in [0.25, 0.3) is 21.3 Å². The number of thioether (sulfide) groups is 1.